The zero-order valence-electron chi connectivity index (χ0n) is 10.8. The van der Waals surface area contributed by atoms with Gasteiger partial charge in [0.05, 0.1) is 6.61 Å². The summed E-state index contributed by atoms with van der Waals surface area (Å²) in [6.45, 7) is 6.91. The summed E-state index contributed by atoms with van der Waals surface area (Å²) < 4.78 is 5.69. The third kappa shape index (κ3) is 4.39. The van der Waals surface area contributed by atoms with Crippen molar-refractivity contribution in [2.45, 2.75) is 26.2 Å². The van der Waals surface area contributed by atoms with Crippen LogP contribution in [0.15, 0.2) is 30.3 Å². The van der Waals surface area contributed by atoms with E-state index in [1.54, 1.807) is 0 Å². The molecule has 1 saturated heterocycles. The van der Waals surface area contributed by atoms with Crippen molar-refractivity contribution in [3.8, 4) is 5.75 Å². The number of ether oxygens (including phenoxy) is 1. The van der Waals surface area contributed by atoms with E-state index in [1.165, 1.54) is 32.5 Å². The Morgan fingerprint density at radius 2 is 1.88 bits per heavy atom. The van der Waals surface area contributed by atoms with Gasteiger partial charge in [0.2, 0.25) is 0 Å². The van der Waals surface area contributed by atoms with E-state index in [4.69, 9.17) is 4.74 Å². The Morgan fingerprint density at radius 3 is 2.59 bits per heavy atom. The third-order valence-electron chi connectivity index (χ3n) is 3.51. The van der Waals surface area contributed by atoms with E-state index in [0.29, 0.717) is 0 Å². The first kappa shape index (κ1) is 12.4. The Kier molecular flexibility index (Phi) is 4.87. The molecule has 0 saturated carbocycles. The zero-order chi connectivity index (χ0) is 11.9. The molecule has 0 aromatic heterocycles. The van der Waals surface area contributed by atoms with Crippen LogP contribution in [0.25, 0.3) is 0 Å². The second-order valence-electron chi connectivity index (χ2n) is 5.04. The van der Waals surface area contributed by atoms with Crippen LogP contribution >= 0.6 is 0 Å². The van der Waals surface area contributed by atoms with Crippen molar-refractivity contribution in [3.63, 3.8) is 0 Å². The van der Waals surface area contributed by atoms with Crippen LogP contribution in [0.1, 0.15) is 26.2 Å². The van der Waals surface area contributed by atoms with E-state index in [9.17, 15) is 0 Å². The number of rotatable bonds is 5. The first-order valence-corrected chi connectivity index (χ1v) is 6.75. The molecule has 2 heteroatoms. The van der Waals surface area contributed by atoms with Crippen molar-refractivity contribution >= 4 is 0 Å². The fraction of sp³-hybridized carbons (Fsp3) is 0.600. The second-order valence-corrected chi connectivity index (χ2v) is 5.04. The van der Waals surface area contributed by atoms with Gasteiger partial charge in [-0.25, -0.2) is 0 Å². The maximum atomic E-state index is 5.69. The van der Waals surface area contributed by atoms with Crippen LogP contribution in [0.5, 0.6) is 5.75 Å². The van der Waals surface area contributed by atoms with Crippen molar-refractivity contribution < 1.29 is 4.74 Å². The fourth-order valence-corrected chi connectivity index (χ4v) is 2.28. The first-order valence-electron chi connectivity index (χ1n) is 6.75. The molecule has 0 atom stereocenters. The molecule has 94 valence electrons. The lowest BCUT2D eigenvalue weighted by Crippen LogP contribution is -2.34. The van der Waals surface area contributed by atoms with Crippen molar-refractivity contribution in [1.82, 2.24) is 4.90 Å². The van der Waals surface area contributed by atoms with E-state index < -0.39 is 0 Å². The van der Waals surface area contributed by atoms with Gasteiger partial charge in [-0.05, 0) is 50.4 Å². The van der Waals surface area contributed by atoms with E-state index in [-0.39, 0.29) is 0 Å². The zero-order valence-corrected chi connectivity index (χ0v) is 10.8. The third-order valence-corrected chi connectivity index (χ3v) is 3.51. The second kappa shape index (κ2) is 6.65. The van der Waals surface area contributed by atoms with Gasteiger partial charge in [0.1, 0.15) is 5.75 Å². The molecule has 0 radical (unpaired) electrons. The van der Waals surface area contributed by atoms with Crippen LogP contribution in [0.4, 0.5) is 0 Å². The van der Waals surface area contributed by atoms with E-state index in [0.717, 1.165) is 24.7 Å². The van der Waals surface area contributed by atoms with E-state index in [1.807, 2.05) is 30.3 Å². The summed E-state index contributed by atoms with van der Waals surface area (Å²) in [4.78, 5) is 2.56. The first-order chi connectivity index (χ1) is 8.34. The molecule has 0 N–H and O–H groups in total. The van der Waals surface area contributed by atoms with E-state index in [2.05, 4.69) is 11.8 Å². The topological polar surface area (TPSA) is 12.5 Å². The predicted molar refractivity (Wildman–Crippen MR) is 71.4 cm³/mol. The Bertz CT molecular complexity index is 304. The molecule has 1 aliphatic rings. The molecule has 0 spiro atoms. The van der Waals surface area contributed by atoms with Crippen LogP contribution < -0.4 is 4.74 Å². The largest absolute Gasteiger partial charge is 0.494 e. The standard InChI is InChI=1S/C15H23NO/c1-14-8-11-16(12-9-14)10-5-13-17-15-6-3-2-4-7-15/h2-4,6-7,14H,5,8-13H2,1H3. The number of hydrogen-bond donors (Lipinski definition) is 0. The molecule has 0 bridgehead atoms. The summed E-state index contributed by atoms with van der Waals surface area (Å²) in [5.74, 6) is 1.91. The van der Waals surface area contributed by atoms with Gasteiger partial charge in [-0.15, -0.1) is 0 Å². The quantitative estimate of drug-likeness (QED) is 0.724. The number of benzene rings is 1. The molecule has 0 amide bonds. The Labute approximate surface area is 105 Å². The molecule has 1 aromatic carbocycles. The molecule has 17 heavy (non-hydrogen) atoms. The lowest BCUT2D eigenvalue weighted by molar-refractivity contribution is 0.177. The lowest BCUT2D eigenvalue weighted by Gasteiger charge is -2.30. The van der Waals surface area contributed by atoms with Gasteiger partial charge < -0.3 is 9.64 Å². The summed E-state index contributed by atoms with van der Waals surface area (Å²) >= 11 is 0. The van der Waals surface area contributed by atoms with Gasteiger partial charge in [0, 0.05) is 6.54 Å². The highest BCUT2D eigenvalue weighted by molar-refractivity contribution is 5.20. The molecule has 2 nitrogen and oxygen atoms in total. The Hall–Kier alpha value is -1.02. The molecular formula is C15H23NO. The van der Waals surface area contributed by atoms with Crippen molar-refractivity contribution in [1.29, 1.82) is 0 Å². The Balaban J connectivity index is 1.57. The molecule has 1 aliphatic heterocycles. The SMILES string of the molecule is CC1CCN(CCCOc2ccccc2)CC1. The maximum absolute atomic E-state index is 5.69. The average Bonchev–Trinajstić information content (AvgIpc) is 2.38. The average molecular weight is 233 g/mol. The summed E-state index contributed by atoms with van der Waals surface area (Å²) in [6.07, 6.45) is 3.85. The molecule has 0 aliphatic carbocycles. The van der Waals surface area contributed by atoms with E-state index >= 15 is 0 Å². The molecule has 1 heterocycles. The van der Waals surface area contributed by atoms with Crippen LogP contribution in [-0.2, 0) is 0 Å². The van der Waals surface area contributed by atoms with Crippen LogP contribution in [0.3, 0.4) is 0 Å². The van der Waals surface area contributed by atoms with Gasteiger partial charge >= 0.3 is 0 Å². The van der Waals surface area contributed by atoms with Gasteiger partial charge in [0.25, 0.3) is 0 Å². The molecule has 0 unspecified atom stereocenters. The molecule has 2 rings (SSSR count). The van der Waals surface area contributed by atoms with Crippen LogP contribution in [0, 0.1) is 5.92 Å². The number of hydrogen-bond acceptors (Lipinski definition) is 2. The van der Waals surface area contributed by atoms with Crippen LogP contribution in [-0.4, -0.2) is 31.1 Å². The van der Waals surface area contributed by atoms with Crippen LogP contribution in [0.2, 0.25) is 0 Å². The van der Waals surface area contributed by atoms with Crippen molar-refractivity contribution in [2.24, 2.45) is 5.92 Å². The number of nitrogens with zero attached hydrogens (tertiary/aromatic N) is 1. The number of para-hydroxylation sites is 1. The summed E-state index contributed by atoms with van der Waals surface area (Å²) in [5, 5.41) is 0. The highest BCUT2D eigenvalue weighted by Gasteiger charge is 2.14. The maximum Gasteiger partial charge on any atom is 0.119 e. The monoisotopic (exact) mass is 233 g/mol. The minimum absolute atomic E-state index is 0.829. The van der Waals surface area contributed by atoms with Gasteiger partial charge in [-0.3, -0.25) is 0 Å². The lowest BCUT2D eigenvalue weighted by atomic mass is 9.99. The Morgan fingerprint density at radius 1 is 1.18 bits per heavy atom. The van der Waals surface area contributed by atoms with Gasteiger partial charge in [0.15, 0.2) is 0 Å². The molecule has 1 fully saturated rings. The minimum Gasteiger partial charge on any atom is -0.494 e. The summed E-state index contributed by atoms with van der Waals surface area (Å²) in [7, 11) is 0. The van der Waals surface area contributed by atoms with Gasteiger partial charge in [-0.2, -0.15) is 0 Å². The number of piperidine rings is 1. The minimum atomic E-state index is 0.829. The molecule has 1 aromatic rings. The summed E-state index contributed by atoms with van der Waals surface area (Å²) in [5.41, 5.74) is 0. The fourth-order valence-electron chi connectivity index (χ4n) is 2.28. The highest BCUT2D eigenvalue weighted by Crippen LogP contribution is 2.16. The van der Waals surface area contributed by atoms with Crippen molar-refractivity contribution in [3.05, 3.63) is 30.3 Å². The van der Waals surface area contributed by atoms with Gasteiger partial charge in [-0.1, -0.05) is 25.1 Å². The predicted octanol–water partition coefficient (Wildman–Crippen LogP) is 3.19. The number of likely N-dealkylation sites (tertiary alicyclic amines) is 1. The molecular weight excluding hydrogens is 210 g/mol. The highest BCUT2D eigenvalue weighted by atomic mass is 16.5. The normalized spacial score (nSPS) is 18.2. The summed E-state index contributed by atoms with van der Waals surface area (Å²) in [6, 6.07) is 10.1. The smallest absolute Gasteiger partial charge is 0.119 e. The van der Waals surface area contributed by atoms with Crippen molar-refractivity contribution in [2.75, 3.05) is 26.2 Å².